The molecule has 6 heterocycles. The lowest BCUT2D eigenvalue weighted by molar-refractivity contribution is -0.159. The first kappa shape index (κ1) is 30.3. The minimum absolute atomic E-state index is 0.0886. The monoisotopic (exact) mass is 657 g/mol. The molecule has 3 aromatic heterocycles. The Hall–Kier alpha value is -5.00. The van der Waals surface area contributed by atoms with Crippen molar-refractivity contribution in [1.29, 1.82) is 5.26 Å². The average Bonchev–Trinajstić information content (AvgIpc) is 3.78. The number of fused-ring (bicyclic) bond motifs is 2. The summed E-state index contributed by atoms with van der Waals surface area (Å²) in [7, 11) is 0. The molecule has 2 atom stereocenters. The van der Waals surface area contributed by atoms with Gasteiger partial charge in [-0.25, -0.2) is 4.98 Å². The van der Waals surface area contributed by atoms with Crippen LogP contribution in [0.15, 0.2) is 59.3 Å². The van der Waals surface area contributed by atoms with Crippen molar-refractivity contribution in [2.75, 3.05) is 19.7 Å². The Bertz CT molecular complexity index is 2030. The number of hydrogen-bond donors (Lipinski definition) is 0. The van der Waals surface area contributed by atoms with Crippen molar-refractivity contribution in [3.8, 4) is 29.0 Å². The van der Waals surface area contributed by atoms with Gasteiger partial charge in [-0.1, -0.05) is 17.3 Å². The quantitative estimate of drug-likeness (QED) is 0.200. The zero-order valence-corrected chi connectivity index (χ0v) is 25.9. The van der Waals surface area contributed by atoms with Gasteiger partial charge in [-0.15, -0.1) is 0 Å². The molecule has 0 aliphatic carbocycles. The first-order valence-electron chi connectivity index (χ1n) is 15.8. The van der Waals surface area contributed by atoms with Gasteiger partial charge in [0, 0.05) is 30.9 Å². The molecule has 1 unspecified atom stereocenters. The molecule has 2 saturated heterocycles. The number of ether oxygens (including phenoxy) is 3. The van der Waals surface area contributed by atoms with Crippen LogP contribution in [0.5, 0.6) is 11.5 Å². The standard InChI is InChI=1S/C34H30F3N7O4/c1-33(28-8-5-20(16-38)17-39-28)46-27-4-2-3-24(30(27)47-33)21-9-12-43(13-10-21)19-29-40-25-15-22(31-41-32(48-42-31)34(35,36)37)6-7-26(25)44(29)18-23-11-14-45-23/h2-8,15,17,21,23H,9-14,18-19H2,1H3/t23-,33?/m0/s1. The molecule has 0 spiro atoms. The molecule has 3 aliphatic heterocycles. The third kappa shape index (κ3) is 5.52. The van der Waals surface area contributed by atoms with Gasteiger partial charge in [0.2, 0.25) is 5.82 Å². The molecule has 3 aliphatic rings. The van der Waals surface area contributed by atoms with Crippen LogP contribution in [0.1, 0.15) is 60.6 Å². The lowest BCUT2D eigenvalue weighted by Gasteiger charge is -2.33. The average molecular weight is 658 g/mol. The molecule has 0 bridgehead atoms. The molecule has 48 heavy (non-hydrogen) atoms. The highest BCUT2D eigenvalue weighted by Gasteiger charge is 2.42. The number of benzene rings is 2. The summed E-state index contributed by atoms with van der Waals surface area (Å²) in [5, 5.41) is 12.7. The Morgan fingerprint density at radius 2 is 1.88 bits per heavy atom. The summed E-state index contributed by atoms with van der Waals surface area (Å²) >= 11 is 0. The first-order valence-corrected chi connectivity index (χ1v) is 15.8. The number of aromatic nitrogens is 5. The fraction of sp³-hybridized carbons (Fsp3) is 0.382. The first-order chi connectivity index (χ1) is 23.2. The van der Waals surface area contributed by atoms with Gasteiger partial charge in [0.15, 0.2) is 11.5 Å². The summed E-state index contributed by atoms with van der Waals surface area (Å²) in [6, 6.07) is 16.8. The zero-order valence-electron chi connectivity index (χ0n) is 25.9. The van der Waals surface area contributed by atoms with E-state index in [0.717, 1.165) is 61.6 Å². The molecule has 0 N–H and O–H groups in total. The lowest BCUT2D eigenvalue weighted by atomic mass is 9.88. The molecular weight excluding hydrogens is 627 g/mol. The maximum absolute atomic E-state index is 13.1. The van der Waals surface area contributed by atoms with Gasteiger partial charge in [-0.3, -0.25) is 9.88 Å². The highest BCUT2D eigenvalue weighted by molar-refractivity contribution is 5.81. The van der Waals surface area contributed by atoms with E-state index in [-0.39, 0.29) is 17.8 Å². The van der Waals surface area contributed by atoms with E-state index >= 15 is 0 Å². The van der Waals surface area contributed by atoms with Crippen molar-refractivity contribution in [1.82, 2.24) is 29.6 Å². The van der Waals surface area contributed by atoms with Crippen LogP contribution in [0.3, 0.4) is 0 Å². The number of nitrogens with zero attached hydrogens (tertiary/aromatic N) is 7. The summed E-state index contributed by atoms with van der Waals surface area (Å²) in [5.41, 5.74) is 4.06. The number of nitriles is 1. The molecule has 11 nitrogen and oxygen atoms in total. The van der Waals surface area contributed by atoms with E-state index in [1.54, 1.807) is 24.3 Å². The van der Waals surface area contributed by atoms with Gasteiger partial charge in [0.25, 0.3) is 5.79 Å². The third-order valence-electron chi connectivity index (χ3n) is 9.29. The topological polar surface area (TPSA) is 124 Å². The fourth-order valence-corrected chi connectivity index (χ4v) is 6.64. The third-order valence-corrected chi connectivity index (χ3v) is 9.29. The number of piperidine rings is 1. The van der Waals surface area contributed by atoms with Crippen molar-refractivity contribution < 1.29 is 31.9 Å². The Morgan fingerprint density at radius 3 is 2.56 bits per heavy atom. The van der Waals surface area contributed by atoms with E-state index in [9.17, 15) is 13.2 Å². The summed E-state index contributed by atoms with van der Waals surface area (Å²) in [6.07, 6.45) is -0.348. The molecule has 246 valence electrons. The molecule has 2 fully saturated rings. The fourth-order valence-electron chi connectivity index (χ4n) is 6.64. The maximum Gasteiger partial charge on any atom is 0.471 e. The Kier molecular flexibility index (Phi) is 7.34. The lowest BCUT2D eigenvalue weighted by Crippen LogP contribution is -2.35. The van der Waals surface area contributed by atoms with Gasteiger partial charge in [0.05, 0.1) is 35.8 Å². The number of halogens is 3. The second-order valence-corrected chi connectivity index (χ2v) is 12.5. The summed E-state index contributed by atoms with van der Waals surface area (Å²) < 4.78 is 64.2. The van der Waals surface area contributed by atoms with Crippen LogP contribution in [-0.2, 0) is 29.8 Å². The summed E-state index contributed by atoms with van der Waals surface area (Å²) in [5.74, 6) is -0.0931. The van der Waals surface area contributed by atoms with Crippen molar-refractivity contribution >= 4 is 11.0 Å². The van der Waals surface area contributed by atoms with E-state index in [1.165, 1.54) is 6.20 Å². The van der Waals surface area contributed by atoms with E-state index in [1.807, 2.05) is 25.1 Å². The molecule has 8 rings (SSSR count). The Labute approximate surface area is 272 Å². The second-order valence-electron chi connectivity index (χ2n) is 12.5. The Balaban J connectivity index is 0.992. The van der Waals surface area contributed by atoms with Crippen LogP contribution in [0.25, 0.3) is 22.4 Å². The predicted molar refractivity (Wildman–Crippen MR) is 164 cm³/mol. The number of rotatable bonds is 7. The summed E-state index contributed by atoms with van der Waals surface area (Å²) in [6.45, 7) is 5.48. The van der Waals surface area contributed by atoms with Crippen LogP contribution in [0.2, 0.25) is 0 Å². The second kappa shape index (κ2) is 11.6. The molecular formula is C34H30F3N7O4. The van der Waals surface area contributed by atoms with E-state index < -0.39 is 17.9 Å². The maximum atomic E-state index is 13.1. The number of imidazole rings is 1. The molecule has 0 saturated carbocycles. The normalized spacial score (nSPS) is 21.4. The molecule has 5 aromatic rings. The van der Waals surface area contributed by atoms with Gasteiger partial charge in [-0.2, -0.15) is 23.4 Å². The molecule has 0 radical (unpaired) electrons. The van der Waals surface area contributed by atoms with Crippen molar-refractivity contribution in [3.05, 3.63) is 83.3 Å². The minimum Gasteiger partial charge on any atom is -0.443 e. The van der Waals surface area contributed by atoms with Gasteiger partial charge in [-0.05, 0) is 74.7 Å². The Morgan fingerprint density at radius 1 is 1.04 bits per heavy atom. The SMILES string of the molecule is CC1(c2ccc(C#N)cn2)Oc2cccc(C3CCN(Cc4nc5cc(-c6noc(C(F)(F)F)n6)ccc5n4C[C@@H]4CCO4)CC3)c2O1. The van der Waals surface area contributed by atoms with Crippen LogP contribution in [-0.4, -0.2) is 55.4 Å². The summed E-state index contributed by atoms with van der Waals surface area (Å²) in [4.78, 5) is 15.3. The molecule has 0 amide bonds. The van der Waals surface area contributed by atoms with E-state index in [2.05, 4.69) is 41.3 Å². The van der Waals surface area contributed by atoms with E-state index in [4.69, 9.17) is 24.5 Å². The molecule has 2 aromatic carbocycles. The zero-order chi connectivity index (χ0) is 33.0. The number of para-hydroxylation sites is 1. The van der Waals surface area contributed by atoms with Crippen molar-refractivity contribution in [3.63, 3.8) is 0 Å². The van der Waals surface area contributed by atoms with E-state index in [0.29, 0.717) is 41.2 Å². The highest BCUT2D eigenvalue weighted by atomic mass is 19.4. The molecule has 14 heteroatoms. The van der Waals surface area contributed by atoms with Crippen molar-refractivity contribution in [2.45, 2.75) is 63.3 Å². The number of pyridine rings is 1. The number of hydrogen-bond acceptors (Lipinski definition) is 10. The largest absolute Gasteiger partial charge is 0.471 e. The van der Waals surface area contributed by atoms with Crippen molar-refractivity contribution in [2.24, 2.45) is 0 Å². The minimum atomic E-state index is -4.72. The number of alkyl halides is 3. The van der Waals surface area contributed by atoms with Gasteiger partial charge < -0.3 is 23.3 Å². The van der Waals surface area contributed by atoms with Gasteiger partial charge >= 0.3 is 12.1 Å². The van der Waals surface area contributed by atoms with Gasteiger partial charge in [0.1, 0.15) is 17.6 Å². The number of likely N-dealkylation sites (tertiary alicyclic amines) is 1. The van der Waals surface area contributed by atoms with Crippen LogP contribution < -0.4 is 9.47 Å². The van der Waals surface area contributed by atoms with Crippen LogP contribution >= 0.6 is 0 Å². The van der Waals surface area contributed by atoms with Crippen LogP contribution in [0.4, 0.5) is 13.2 Å². The highest BCUT2D eigenvalue weighted by Crippen LogP contribution is 2.49. The van der Waals surface area contributed by atoms with Crippen LogP contribution in [0, 0.1) is 11.3 Å². The predicted octanol–water partition coefficient (Wildman–Crippen LogP) is 6.18. The smallest absolute Gasteiger partial charge is 0.443 e.